The quantitative estimate of drug-likeness (QED) is 0.776. The van der Waals surface area contributed by atoms with E-state index in [-0.39, 0.29) is 0 Å². The van der Waals surface area contributed by atoms with E-state index in [1.807, 2.05) is 6.07 Å². The molecule has 0 aliphatic carbocycles. The number of nitrogen functional groups attached to an aromatic ring is 1. The van der Waals surface area contributed by atoms with Gasteiger partial charge in [-0.15, -0.1) is 10.2 Å². The fourth-order valence-corrected chi connectivity index (χ4v) is 1.58. The minimum absolute atomic E-state index is 0.427. The zero-order valence-corrected chi connectivity index (χ0v) is 10.4. The third-order valence-electron chi connectivity index (χ3n) is 2.50. The van der Waals surface area contributed by atoms with Crippen LogP contribution < -0.4 is 11.1 Å². The molecule has 4 heteroatoms. The van der Waals surface area contributed by atoms with Crippen LogP contribution in [0.3, 0.4) is 0 Å². The highest BCUT2D eigenvalue weighted by molar-refractivity contribution is 5.38. The Morgan fingerprint density at radius 3 is 2.50 bits per heavy atom. The van der Waals surface area contributed by atoms with Gasteiger partial charge in [0.05, 0.1) is 0 Å². The van der Waals surface area contributed by atoms with E-state index >= 15 is 0 Å². The molecule has 1 unspecified atom stereocenters. The van der Waals surface area contributed by atoms with Gasteiger partial charge in [0.2, 0.25) is 0 Å². The van der Waals surface area contributed by atoms with Crippen LogP contribution in [0.4, 0.5) is 11.6 Å². The molecule has 0 fully saturated rings. The van der Waals surface area contributed by atoms with Crippen LogP contribution in [0, 0.1) is 5.92 Å². The third-order valence-corrected chi connectivity index (χ3v) is 2.50. The minimum atomic E-state index is 0.427. The summed E-state index contributed by atoms with van der Waals surface area (Å²) in [4.78, 5) is 0. The largest absolute Gasteiger partial charge is 0.382 e. The summed E-state index contributed by atoms with van der Waals surface area (Å²) < 4.78 is 0. The number of aromatic nitrogens is 2. The molecule has 0 amide bonds. The Hall–Kier alpha value is -1.32. The number of hydrogen-bond acceptors (Lipinski definition) is 4. The molecular formula is C12H22N4. The molecule has 1 heterocycles. The van der Waals surface area contributed by atoms with Crippen molar-refractivity contribution in [2.45, 2.75) is 46.1 Å². The molecule has 0 bridgehead atoms. The summed E-state index contributed by atoms with van der Waals surface area (Å²) in [5.41, 5.74) is 5.47. The Labute approximate surface area is 97.6 Å². The van der Waals surface area contributed by atoms with Gasteiger partial charge in [-0.3, -0.25) is 0 Å². The van der Waals surface area contributed by atoms with Gasteiger partial charge in [0, 0.05) is 6.04 Å². The molecule has 0 radical (unpaired) electrons. The molecule has 0 aliphatic rings. The molecule has 1 aromatic rings. The summed E-state index contributed by atoms with van der Waals surface area (Å²) in [6, 6.07) is 4.05. The van der Waals surface area contributed by atoms with Crippen molar-refractivity contribution in [3.8, 4) is 0 Å². The number of rotatable bonds is 6. The van der Waals surface area contributed by atoms with Crippen LogP contribution in [0.25, 0.3) is 0 Å². The first-order valence-electron chi connectivity index (χ1n) is 5.93. The first kappa shape index (κ1) is 12.7. The molecule has 1 aromatic heterocycles. The van der Waals surface area contributed by atoms with Gasteiger partial charge in [-0.25, -0.2) is 0 Å². The highest BCUT2D eigenvalue weighted by Gasteiger charge is 2.04. The van der Waals surface area contributed by atoms with Gasteiger partial charge in [0.15, 0.2) is 0 Å². The summed E-state index contributed by atoms with van der Waals surface area (Å²) in [5, 5.41) is 11.1. The summed E-state index contributed by atoms with van der Waals surface area (Å²) in [6.07, 6.45) is 3.68. The predicted octanol–water partition coefficient (Wildman–Crippen LogP) is 2.69. The molecule has 0 aromatic carbocycles. The highest BCUT2D eigenvalue weighted by atomic mass is 15.2. The molecule has 0 aliphatic heterocycles. The molecule has 3 N–H and O–H groups in total. The van der Waals surface area contributed by atoms with E-state index in [0.29, 0.717) is 11.9 Å². The van der Waals surface area contributed by atoms with E-state index < -0.39 is 0 Å². The lowest BCUT2D eigenvalue weighted by Crippen LogP contribution is -2.16. The van der Waals surface area contributed by atoms with Gasteiger partial charge >= 0.3 is 0 Å². The maximum atomic E-state index is 5.47. The predicted molar refractivity (Wildman–Crippen MR) is 68.2 cm³/mol. The van der Waals surface area contributed by atoms with Gasteiger partial charge in [0.1, 0.15) is 11.6 Å². The van der Waals surface area contributed by atoms with Crippen molar-refractivity contribution in [3.63, 3.8) is 0 Å². The summed E-state index contributed by atoms with van der Waals surface area (Å²) in [7, 11) is 0. The number of nitrogens with two attached hydrogens (primary N) is 1. The summed E-state index contributed by atoms with van der Waals surface area (Å²) in [5.74, 6) is 2.03. The van der Waals surface area contributed by atoms with Crippen molar-refractivity contribution in [2.24, 2.45) is 5.92 Å². The normalized spacial score (nSPS) is 12.8. The van der Waals surface area contributed by atoms with Crippen LogP contribution >= 0.6 is 0 Å². The molecule has 1 atom stereocenters. The van der Waals surface area contributed by atoms with Crippen molar-refractivity contribution >= 4 is 11.6 Å². The standard InChI is InChI=1S/C12H22N4/c1-9(2)5-4-6-10(3)14-12-8-7-11(13)15-16-12/h7-10H,4-6H2,1-3H3,(H2,13,15)(H,14,16). The van der Waals surface area contributed by atoms with Crippen LogP contribution in [0.1, 0.15) is 40.0 Å². The fourth-order valence-electron chi connectivity index (χ4n) is 1.58. The van der Waals surface area contributed by atoms with Gasteiger partial charge in [-0.2, -0.15) is 0 Å². The molecule has 16 heavy (non-hydrogen) atoms. The van der Waals surface area contributed by atoms with Crippen molar-refractivity contribution < 1.29 is 0 Å². The molecule has 0 saturated heterocycles. The van der Waals surface area contributed by atoms with Crippen LogP contribution in [-0.4, -0.2) is 16.2 Å². The Morgan fingerprint density at radius 1 is 1.19 bits per heavy atom. The number of nitrogens with zero attached hydrogens (tertiary/aromatic N) is 2. The number of hydrogen-bond donors (Lipinski definition) is 2. The van der Waals surface area contributed by atoms with Crippen LogP contribution in [-0.2, 0) is 0 Å². The Balaban J connectivity index is 2.28. The second-order valence-corrected chi connectivity index (χ2v) is 4.71. The van der Waals surface area contributed by atoms with Gasteiger partial charge in [-0.05, 0) is 31.4 Å². The summed E-state index contributed by atoms with van der Waals surface area (Å²) >= 11 is 0. The van der Waals surface area contributed by atoms with Crippen LogP contribution in [0.15, 0.2) is 12.1 Å². The fraction of sp³-hybridized carbons (Fsp3) is 0.667. The zero-order valence-electron chi connectivity index (χ0n) is 10.4. The number of nitrogens with one attached hydrogen (secondary N) is 1. The second kappa shape index (κ2) is 6.30. The van der Waals surface area contributed by atoms with Crippen molar-refractivity contribution in [2.75, 3.05) is 11.1 Å². The van der Waals surface area contributed by atoms with Crippen molar-refractivity contribution in [1.82, 2.24) is 10.2 Å². The van der Waals surface area contributed by atoms with Gasteiger partial charge in [0.25, 0.3) is 0 Å². The maximum absolute atomic E-state index is 5.47. The molecular weight excluding hydrogens is 200 g/mol. The van der Waals surface area contributed by atoms with E-state index in [0.717, 1.165) is 18.2 Å². The molecule has 90 valence electrons. The monoisotopic (exact) mass is 222 g/mol. The average molecular weight is 222 g/mol. The third kappa shape index (κ3) is 4.96. The van der Waals surface area contributed by atoms with Crippen molar-refractivity contribution in [1.29, 1.82) is 0 Å². The Morgan fingerprint density at radius 2 is 1.94 bits per heavy atom. The van der Waals surface area contributed by atoms with Gasteiger partial charge in [-0.1, -0.05) is 26.7 Å². The molecule has 0 spiro atoms. The van der Waals surface area contributed by atoms with Crippen molar-refractivity contribution in [3.05, 3.63) is 12.1 Å². The molecule has 4 nitrogen and oxygen atoms in total. The van der Waals surface area contributed by atoms with Crippen LogP contribution in [0.2, 0.25) is 0 Å². The van der Waals surface area contributed by atoms with E-state index in [1.54, 1.807) is 6.07 Å². The zero-order chi connectivity index (χ0) is 12.0. The van der Waals surface area contributed by atoms with E-state index in [9.17, 15) is 0 Å². The second-order valence-electron chi connectivity index (χ2n) is 4.71. The lowest BCUT2D eigenvalue weighted by atomic mass is 10.0. The lowest BCUT2D eigenvalue weighted by Gasteiger charge is -2.14. The molecule has 1 rings (SSSR count). The Kier molecular flexibility index (Phi) is 5.02. The summed E-state index contributed by atoms with van der Waals surface area (Å²) in [6.45, 7) is 6.67. The number of anilines is 2. The topological polar surface area (TPSA) is 63.8 Å². The van der Waals surface area contributed by atoms with Gasteiger partial charge < -0.3 is 11.1 Å². The first-order valence-corrected chi connectivity index (χ1v) is 5.93. The Bertz CT molecular complexity index is 294. The maximum Gasteiger partial charge on any atom is 0.149 e. The highest BCUT2D eigenvalue weighted by Crippen LogP contribution is 2.11. The molecule has 0 saturated carbocycles. The lowest BCUT2D eigenvalue weighted by molar-refractivity contribution is 0.520. The average Bonchev–Trinajstić information content (AvgIpc) is 2.21. The van der Waals surface area contributed by atoms with E-state index in [2.05, 4.69) is 36.3 Å². The van der Waals surface area contributed by atoms with Crippen LogP contribution in [0.5, 0.6) is 0 Å². The smallest absolute Gasteiger partial charge is 0.149 e. The van der Waals surface area contributed by atoms with E-state index in [4.69, 9.17) is 5.73 Å². The SMILES string of the molecule is CC(C)CCCC(C)Nc1ccc(N)nn1. The minimum Gasteiger partial charge on any atom is -0.382 e. The van der Waals surface area contributed by atoms with E-state index in [1.165, 1.54) is 12.8 Å². The first-order chi connectivity index (χ1) is 7.58.